The van der Waals surface area contributed by atoms with Crippen LogP contribution in [0.15, 0.2) is 24.3 Å². The number of hydrogen-bond donors (Lipinski definition) is 1. The van der Waals surface area contributed by atoms with Crippen molar-refractivity contribution < 1.29 is 9.13 Å². The molecule has 0 saturated carbocycles. The Hall–Kier alpha value is -0.970. The Kier molecular flexibility index (Phi) is 6.61. The fourth-order valence-corrected chi connectivity index (χ4v) is 2.95. The Morgan fingerprint density at radius 3 is 2.81 bits per heavy atom. The molecule has 0 amide bonds. The maximum absolute atomic E-state index is 13.2. The minimum Gasteiger partial charge on any atom is -0.378 e. The van der Waals surface area contributed by atoms with Crippen molar-refractivity contribution in [2.24, 2.45) is 5.73 Å². The third-order valence-corrected chi connectivity index (χ3v) is 4.22. The van der Waals surface area contributed by atoms with Crippen LogP contribution in [0.5, 0.6) is 0 Å². The van der Waals surface area contributed by atoms with Gasteiger partial charge < -0.3 is 15.4 Å². The summed E-state index contributed by atoms with van der Waals surface area (Å²) in [6, 6.07) is 7.37. The molecule has 1 saturated heterocycles. The van der Waals surface area contributed by atoms with Crippen molar-refractivity contribution in [1.29, 1.82) is 0 Å². The standard InChI is InChI=1S/C17H27FN2O/c1-14(12-15-4-2-5-16(18)13-15)20-9-6-17(7-10-20)21-11-3-8-19/h2,4-5,13-14,17H,3,6-12,19H2,1H3. The predicted molar refractivity (Wildman–Crippen MR) is 83.8 cm³/mol. The molecule has 2 N–H and O–H groups in total. The third kappa shape index (κ3) is 5.38. The van der Waals surface area contributed by atoms with Crippen molar-refractivity contribution in [3.8, 4) is 0 Å². The molecule has 0 radical (unpaired) electrons. The third-order valence-electron chi connectivity index (χ3n) is 4.22. The van der Waals surface area contributed by atoms with E-state index < -0.39 is 0 Å². The SMILES string of the molecule is CC(Cc1cccc(F)c1)N1CCC(OCCCN)CC1. The minimum absolute atomic E-state index is 0.147. The first-order valence-corrected chi connectivity index (χ1v) is 7.99. The normalized spacial score (nSPS) is 18.8. The fraction of sp³-hybridized carbons (Fsp3) is 0.647. The lowest BCUT2D eigenvalue weighted by Gasteiger charge is -2.36. The van der Waals surface area contributed by atoms with Crippen LogP contribution in [0.25, 0.3) is 0 Å². The average Bonchev–Trinajstić information content (AvgIpc) is 2.48. The van der Waals surface area contributed by atoms with E-state index in [9.17, 15) is 4.39 Å². The van der Waals surface area contributed by atoms with Gasteiger partial charge in [0, 0.05) is 25.7 Å². The molecule has 1 aromatic rings. The summed E-state index contributed by atoms with van der Waals surface area (Å²) in [7, 11) is 0. The van der Waals surface area contributed by atoms with Gasteiger partial charge in [-0.25, -0.2) is 4.39 Å². The highest BCUT2D eigenvalue weighted by Gasteiger charge is 2.23. The Morgan fingerprint density at radius 1 is 1.38 bits per heavy atom. The van der Waals surface area contributed by atoms with Gasteiger partial charge in [-0.05, 0) is 56.8 Å². The van der Waals surface area contributed by atoms with Crippen LogP contribution in [-0.2, 0) is 11.2 Å². The molecule has 118 valence electrons. The molecule has 1 fully saturated rings. The van der Waals surface area contributed by atoms with Gasteiger partial charge in [-0.1, -0.05) is 12.1 Å². The van der Waals surface area contributed by atoms with Gasteiger partial charge in [-0.2, -0.15) is 0 Å². The highest BCUT2D eigenvalue weighted by atomic mass is 19.1. The average molecular weight is 294 g/mol. The molecule has 0 bridgehead atoms. The van der Waals surface area contributed by atoms with Crippen LogP contribution >= 0.6 is 0 Å². The lowest BCUT2D eigenvalue weighted by Crippen LogP contribution is -2.43. The topological polar surface area (TPSA) is 38.5 Å². The molecule has 3 nitrogen and oxygen atoms in total. The van der Waals surface area contributed by atoms with E-state index in [0.717, 1.165) is 50.9 Å². The van der Waals surface area contributed by atoms with E-state index in [2.05, 4.69) is 11.8 Å². The predicted octanol–water partition coefficient (Wildman–Crippen LogP) is 2.59. The van der Waals surface area contributed by atoms with E-state index in [-0.39, 0.29) is 5.82 Å². The number of halogens is 1. The van der Waals surface area contributed by atoms with Crippen molar-refractivity contribution in [2.75, 3.05) is 26.2 Å². The van der Waals surface area contributed by atoms with Crippen molar-refractivity contribution in [2.45, 2.75) is 44.8 Å². The lowest BCUT2D eigenvalue weighted by molar-refractivity contribution is -0.000419. The lowest BCUT2D eigenvalue weighted by atomic mass is 10.0. The van der Waals surface area contributed by atoms with E-state index in [4.69, 9.17) is 10.5 Å². The molecule has 1 unspecified atom stereocenters. The van der Waals surface area contributed by atoms with Gasteiger partial charge in [-0.3, -0.25) is 0 Å². The highest BCUT2D eigenvalue weighted by molar-refractivity contribution is 5.17. The molecule has 2 rings (SSSR count). The Labute approximate surface area is 127 Å². The van der Waals surface area contributed by atoms with Crippen molar-refractivity contribution in [3.05, 3.63) is 35.6 Å². The van der Waals surface area contributed by atoms with Gasteiger partial charge in [0.1, 0.15) is 5.82 Å². The molecule has 0 aromatic heterocycles. The first kappa shape index (κ1) is 16.4. The minimum atomic E-state index is -0.147. The molecule has 21 heavy (non-hydrogen) atoms. The van der Waals surface area contributed by atoms with Gasteiger partial charge in [0.05, 0.1) is 6.10 Å². The molecule has 1 aliphatic rings. The second-order valence-electron chi connectivity index (χ2n) is 5.93. The van der Waals surface area contributed by atoms with E-state index in [1.807, 2.05) is 6.07 Å². The summed E-state index contributed by atoms with van der Waals surface area (Å²) in [5, 5.41) is 0. The first-order valence-electron chi connectivity index (χ1n) is 7.99. The van der Waals surface area contributed by atoms with Crippen LogP contribution in [0.4, 0.5) is 4.39 Å². The molecule has 1 atom stereocenters. The summed E-state index contributed by atoms with van der Waals surface area (Å²) in [4.78, 5) is 2.48. The first-order chi connectivity index (χ1) is 10.2. The summed E-state index contributed by atoms with van der Waals surface area (Å²) in [5.74, 6) is -0.147. The number of hydrogen-bond acceptors (Lipinski definition) is 3. The van der Waals surface area contributed by atoms with Gasteiger partial charge in [0.25, 0.3) is 0 Å². The van der Waals surface area contributed by atoms with Gasteiger partial charge in [0.2, 0.25) is 0 Å². The van der Waals surface area contributed by atoms with E-state index in [1.54, 1.807) is 12.1 Å². The molecule has 0 spiro atoms. The molecule has 1 heterocycles. The zero-order chi connectivity index (χ0) is 15.1. The van der Waals surface area contributed by atoms with Crippen molar-refractivity contribution >= 4 is 0 Å². The number of rotatable bonds is 7. The molecule has 1 aromatic carbocycles. The van der Waals surface area contributed by atoms with Crippen LogP contribution in [0, 0.1) is 5.82 Å². The second kappa shape index (κ2) is 8.47. The van der Waals surface area contributed by atoms with Crippen LogP contribution in [0.3, 0.4) is 0 Å². The molecular formula is C17H27FN2O. The van der Waals surface area contributed by atoms with Crippen LogP contribution in [-0.4, -0.2) is 43.3 Å². The maximum atomic E-state index is 13.2. The summed E-state index contributed by atoms with van der Waals surface area (Å²) in [6.07, 6.45) is 4.39. The quantitative estimate of drug-likeness (QED) is 0.786. The fourth-order valence-electron chi connectivity index (χ4n) is 2.95. The zero-order valence-corrected chi connectivity index (χ0v) is 12.9. The van der Waals surface area contributed by atoms with Gasteiger partial charge in [-0.15, -0.1) is 0 Å². The summed E-state index contributed by atoms with van der Waals surface area (Å²) in [6.45, 7) is 5.82. The number of piperidine rings is 1. The van der Waals surface area contributed by atoms with E-state index in [0.29, 0.717) is 18.7 Å². The van der Waals surface area contributed by atoms with Crippen LogP contribution in [0.1, 0.15) is 31.7 Å². The Balaban J connectivity index is 1.74. The molecule has 0 aliphatic carbocycles. The number of nitrogens with two attached hydrogens (primary N) is 1. The number of nitrogens with zero attached hydrogens (tertiary/aromatic N) is 1. The molecule has 4 heteroatoms. The zero-order valence-electron chi connectivity index (χ0n) is 12.9. The summed E-state index contributed by atoms with van der Waals surface area (Å²) in [5.41, 5.74) is 6.55. The molecule has 1 aliphatic heterocycles. The van der Waals surface area contributed by atoms with Crippen LogP contribution < -0.4 is 5.73 Å². The van der Waals surface area contributed by atoms with Crippen LogP contribution in [0.2, 0.25) is 0 Å². The van der Waals surface area contributed by atoms with Crippen molar-refractivity contribution in [3.63, 3.8) is 0 Å². The summed E-state index contributed by atoms with van der Waals surface area (Å²) >= 11 is 0. The molecular weight excluding hydrogens is 267 g/mol. The summed E-state index contributed by atoms with van der Waals surface area (Å²) < 4.78 is 19.0. The smallest absolute Gasteiger partial charge is 0.123 e. The number of benzene rings is 1. The monoisotopic (exact) mass is 294 g/mol. The van der Waals surface area contributed by atoms with E-state index in [1.165, 1.54) is 6.07 Å². The maximum Gasteiger partial charge on any atom is 0.123 e. The second-order valence-corrected chi connectivity index (χ2v) is 5.93. The Morgan fingerprint density at radius 2 is 2.14 bits per heavy atom. The van der Waals surface area contributed by atoms with E-state index >= 15 is 0 Å². The van der Waals surface area contributed by atoms with Crippen molar-refractivity contribution in [1.82, 2.24) is 4.90 Å². The Bertz CT molecular complexity index is 419. The van der Waals surface area contributed by atoms with Gasteiger partial charge in [0.15, 0.2) is 0 Å². The van der Waals surface area contributed by atoms with Gasteiger partial charge >= 0.3 is 0 Å². The highest BCUT2D eigenvalue weighted by Crippen LogP contribution is 2.18. The number of ether oxygens (including phenoxy) is 1. The largest absolute Gasteiger partial charge is 0.378 e. The number of likely N-dealkylation sites (tertiary alicyclic amines) is 1.